The standard InChI is InChI=1S/C24H28N4O4S2/c1-3-22-25-23(26-32-22)20-13-21(16(2)33-20)34(30,31)28-11-6-9-19(15-28)24(29)27-12-10-17-7-4-5-8-18(17)14-27/h4-5,7-8,13,19H,3,6,9-12,14-15H2,1-2H3/t19-/m0/s1. The molecule has 2 aromatic heterocycles. The lowest BCUT2D eigenvalue weighted by molar-refractivity contribution is -0.137. The molecule has 0 aliphatic carbocycles. The molecule has 8 nitrogen and oxygen atoms in total. The predicted molar refractivity (Wildman–Crippen MR) is 129 cm³/mol. The van der Waals surface area contributed by atoms with Gasteiger partial charge in [-0.3, -0.25) is 4.79 Å². The van der Waals surface area contributed by atoms with Crippen LogP contribution in [0.4, 0.5) is 0 Å². The number of sulfonamides is 1. The highest BCUT2D eigenvalue weighted by Crippen LogP contribution is 2.35. The molecule has 4 heterocycles. The highest BCUT2D eigenvalue weighted by atomic mass is 32.2. The van der Waals surface area contributed by atoms with Gasteiger partial charge < -0.3 is 9.42 Å². The van der Waals surface area contributed by atoms with Crippen molar-refractivity contribution in [3.63, 3.8) is 0 Å². The van der Waals surface area contributed by atoms with Gasteiger partial charge in [0.15, 0.2) is 0 Å². The van der Waals surface area contributed by atoms with Crippen LogP contribution in [-0.2, 0) is 34.2 Å². The summed E-state index contributed by atoms with van der Waals surface area (Å²) in [4.78, 5) is 21.2. The molecule has 2 aliphatic rings. The van der Waals surface area contributed by atoms with Gasteiger partial charge in [-0.15, -0.1) is 11.3 Å². The number of aromatic nitrogens is 2. The van der Waals surface area contributed by atoms with E-state index in [0.717, 1.165) is 6.42 Å². The van der Waals surface area contributed by atoms with E-state index in [2.05, 4.69) is 22.3 Å². The number of fused-ring (bicyclic) bond motifs is 1. The van der Waals surface area contributed by atoms with Crippen LogP contribution in [0.25, 0.3) is 10.7 Å². The zero-order chi connectivity index (χ0) is 23.9. The van der Waals surface area contributed by atoms with Gasteiger partial charge in [-0.2, -0.15) is 9.29 Å². The first-order chi connectivity index (χ1) is 16.4. The molecule has 1 saturated heterocycles. The molecular weight excluding hydrogens is 472 g/mol. The maximum absolute atomic E-state index is 13.6. The molecule has 0 unspecified atom stereocenters. The highest BCUT2D eigenvalue weighted by molar-refractivity contribution is 7.89. The Bertz CT molecular complexity index is 1310. The third-order valence-corrected chi connectivity index (χ3v) is 9.82. The molecule has 0 radical (unpaired) electrons. The molecule has 5 rings (SSSR count). The first-order valence-corrected chi connectivity index (χ1v) is 13.9. The Hall–Kier alpha value is -2.56. The second kappa shape index (κ2) is 9.24. The van der Waals surface area contributed by atoms with Crippen LogP contribution < -0.4 is 0 Å². The van der Waals surface area contributed by atoms with Crippen molar-refractivity contribution in [2.24, 2.45) is 5.92 Å². The third kappa shape index (κ3) is 4.30. The van der Waals surface area contributed by atoms with Crippen LogP contribution >= 0.6 is 11.3 Å². The maximum atomic E-state index is 13.6. The number of amides is 1. The molecule has 0 N–H and O–H groups in total. The number of hydrogen-bond acceptors (Lipinski definition) is 7. The smallest absolute Gasteiger partial charge is 0.244 e. The normalized spacial score (nSPS) is 19.2. The van der Waals surface area contributed by atoms with Crippen LogP contribution in [0.3, 0.4) is 0 Å². The molecule has 1 aromatic carbocycles. The molecule has 0 spiro atoms. The molecule has 1 amide bonds. The van der Waals surface area contributed by atoms with E-state index < -0.39 is 10.0 Å². The number of benzene rings is 1. The van der Waals surface area contributed by atoms with Crippen molar-refractivity contribution in [1.29, 1.82) is 0 Å². The molecule has 34 heavy (non-hydrogen) atoms. The fourth-order valence-corrected chi connectivity index (χ4v) is 7.78. The molecule has 0 saturated carbocycles. The predicted octanol–water partition coefficient (Wildman–Crippen LogP) is 3.65. The maximum Gasteiger partial charge on any atom is 0.244 e. The molecule has 0 bridgehead atoms. The Morgan fingerprint density at radius 1 is 1.24 bits per heavy atom. The van der Waals surface area contributed by atoms with Crippen LogP contribution in [0.15, 0.2) is 39.8 Å². The van der Waals surface area contributed by atoms with Gasteiger partial charge in [0.25, 0.3) is 0 Å². The van der Waals surface area contributed by atoms with Crippen molar-refractivity contribution < 1.29 is 17.7 Å². The van der Waals surface area contributed by atoms with Crippen LogP contribution in [0.5, 0.6) is 0 Å². The number of thiophene rings is 1. The van der Waals surface area contributed by atoms with Crippen molar-refractivity contribution in [3.8, 4) is 10.7 Å². The Kier molecular flexibility index (Phi) is 6.30. The van der Waals surface area contributed by atoms with Crippen molar-refractivity contribution >= 4 is 27.3 Å². The van der Waals surface area contributed by atoms with Crippen LogP contribution in [-0.4, -0.2) is 53.3 Å². The van der Waals surface area contributed by atoms with Gasteiger partial charge >= 0.3 is 0 Å². The molecular formula is C24H28N4O4S2. The van der Waals surface area contributed by atoms with Gasteiger partial charge in [-0.1, -0.05) is 36.3 Å². The van der Waals surface area contributed by atoms with Crippen molar-refractivity contribution in [1.82, 2.24) is 19.3 Å². The fourth-order valence-electron chi connectivity index (χ4n) is 4.77. The minimum atomic E-state index is -3.74. The van der Waals surface area contributed by atoms with E-state index in [1.165, 1.54) is 26.8 Å². The largest absolute Gasteiger partial charge is 0.339 e. The quantitative estimate of drug-likeness (QED) is 0.531. The monoisotopic (exact) mass is 500 g/mol. The second-order valence-electron chi connectivity index (χ2n) is 8.88. The number of aryl methyl sites for hydroxylation is 2. The SMILES string of the molecule is CCc1nc(-c2cc(S(=O)(=O)N3CCC[C@H](C(=O)N4CCc5ccccc5C4)C3)c(C)s2)no1. The highest BCUT2D eigenvalue weighted by Gasteiger charge is 2.37. The lowest BCUT2D eigenvalue weighted by Gasteiger charge is -2.36. The summed E-state index contributed by atoms with van der Waals surface area (Å²) in [6, 6.07) is 9.83. The van der Waals surface area contributed by atoms with Crippen LogP contribution in [0.1, 0.15) is 41.7 Å². The Morgan fingerprint density at radius 2 is 2.03 bits per heavy atom. The minimum absolute atomic E-state index is 0.0519. The number of hydrogen-bond donors (Lipinski definition) is 0. The third-order valence-electron chi connectivity index (χ3n) is 6.66. The average Bonchev–Trinajstić information content (AvgIpc) is 3.50. The number of piperidine rings is 1. The zero-order valence-corrected chi connectivity index (χ0v) is 21.0. The first-order valence-electron chi connectivity index (χ1n) is 11.7. The summed E-state index contributed by atoms with van der Waals surface area (Å²) >= 11 is 1.34. The van der Waals surface area contributed by atoms with Gasteiger partial charge in [0.05, 0.1) is 15.7 Å². The molecule has 2 aliphatic heterocycles. The Balaban J connectivity index is 1.33. The van der Waals surface area contributed by atoms with Crippen molar-refractivity contribution in [3.05, 3.63) is 52.2 Å². The van der Waals surface area contributed by atoms with E-state index in [1.807, 2.05) is 24.0 Å². The fraction of sp³-hybridized carbons (Fsp3) is 0.458. The number of nitrogens with zero attached hydrogens (tertiary/aromatic N) is 4. The summed E-state index contributed by atoms with van der Waals surface area (Å²) in [5.41, 5.74) is 2.47. The lowest BCUT2D eigenvalue weighted by atomic mass is 9.95. The second-order valence-corrected chi connectivity index (χ2v) is 12.0. The summed E-state index contributed by atoms with van der Waals surface area (Å²) in [7, 11) is -3.74. The van der Waals surface area contributed by atoms with Crippen LogP contribution in [0.2, 0.25) is 0 Å². The number of carbonyl (C=O) groups is 1. The van der Waals surface area contributed by atoms with E-state index in [1.54, 1.807) is 13.0 Å². The van der Waals surface area contributed by atoms with E-state index in [4.69, 9.17) is 4.52 Å². The molecule has 3 aromatic rings. The van der Waals surface area contributed by atoms with Crippen molar-refractivity contribution in [2.45, 2.75) is 51.0 Å². The molecule has 1 fully saturated rings. The van der Waals surface area contributed by atoms with E-state index in [0.29, 0.717) is 60.4 Å². The average molecular weight is 501 g/mol. The van der Waals surface area contributed by atoms with Gasteiger partial charge in [0, 0.05) is 37.5 Å². The Labute approximate surface area is 203 Å². The van der Waals surface area contributed by atoms with Gasteiger partial charge in [0.2, 0.25) is 27.6 Å². The summed E-state index contributed by atoms with van der Waals surface area (Å²) < 4.78 is 33.8. The minimum Gasteiger partial charge on any atom is -0.339 e. The molecule has 180 valence electrons. The van der Waals surface area contributed by atoms with Gasteiger partial charge in [0.1, 0.15) is 0 Å². The van der Waals surface area contributed by atoms with E-state index in [9.17, 15) is 13.2 Å². The van der Waals surface area contributed by atoms with E-state index >= 15 is 0 Å². The summed E-state index contributed by atoms with van der Waals surface area (Å²) in [6.07, 6.45) is 2.83. The summed E-state index contributed by atoms with van der Waals surface area (Å²) in [6.45, 7) is 5.61. The van der Waals surface area contributed by atoms with Crippen molar-refractivity contribution in [2.75, 3.05) is 19.6 Å². The van der Waals surface area contributed by atoms with E-state index in [-0.39, 0.29) is 23.3 Å². The molecule has 10 heteroatoms. The zero-order valence-electron chi connectivity index (χ0n) is 19.4. The topological polar surface area (TPSA) is 96.6 Å². The number of rotatable bonds is 5. The lowest BCUT2D eigenvalue weighted by Crippen LogP contribution is -2.47. The summed E-state index contributed by atoms with van der Waals surface area (Å²) in [5.74, 6) is 0.652. The molecule has 1 atom stereocenters. The summed E-state index contributed by atoms with van der Waals surface area (Å²) in [5, 5.41) is 3.98. The van der Waals surface area contributed by atoms with Gasteiger partial charge in [-0.05, 0) is 43.4 Å². The first kappa shape index (κ1) is 23.2. The Morgan fingerprint density at radius 3 is 2.79 bits per heavy atom. The van der Waals surface area contributed by atoms with Gasteiger partial charge in [-0.25, -0.2) is 8.42 Å². The number of carbonyl (C=O) groups excluding carboxylic acids is 1. The van der Waals surface area contributed by atoms with Crippen LogP contribution in [0, 0.1) is 12.8 Å².